The molecule has 0 aliphatic rings. The van der Waals surface area contributed by atoms with E-state index in [9.17, 15) is 9.59 Å². The number of nitrogens with one attached hydrogen (secondary N) is 1. The van der Waals surface area contributed by atoms with Crippen molar-refractivity contribution < 1.29 is 19.1 Å². The van der Waals surface area contributed by atoms with Gasteiger partial charge in [-0.3, -0.25) is 9.59 Å². The van der Waals surface area contributed by atoms with Gasteiger partial charge in [0.05, 0.1) is 19.6 Å². The molecular weight excluding hydrogens is 428 g/mol. The Morgan fingerprint density at radius 1 is 1.00 bits per heavy atom. The van der Waals surface area contributed by atoms with Crippen LogP contribution in [-0.2, 0) is 27.3 Å². The molecular formula is C25H33ClN2O4. The number of carbonyl (C=O) groups excluding carboxylic acids is 2. The number of methoxy groups -OCH3 is 1. The lowest BCUT2D eigenvalue weighted by Gasteiger charge is -2.29. The van der Waals surface area contributed by atoms with Crippen molar-refractivity contribution in [1.29, 1.82) is 0 Å². The first-order chi connectivity index (χ1) is 15.3. The molecule has 0 fully saturated rings. The third-order valence-corrected chi connectivity index (χ3v) is 5.27. The molecule has 6 nitrogen and oxygen atoms in total. The van der Waals surface area contributed by atoms with Gasteiger partial charge in [0.1, 0.15) is 11.8 Å². The van der Waals surface area contributed by atoms with Crippen molar-refractivity contribution in [2.24, 2.45) is 0 Å². The van der Waals surface area contributed by atoms with Crippen LogP contribution in [0.15, 0.2) is 48.5 Å². The summed E-state index contributed by atoms with van der Waals surface area (Å²) >= 11 is 5.96. The van der Waals surface area contributed by atoms with E-state index in [0.29, 0.717) is 31.1 Å². The predicted molar refractivity (Wildman–Crippen MR) is 127 cm³/mol. The standard InChI is InChI=1S/C25H33ClN2O4/c1-18(2)32-15-5-14-27-25(30)19(3)28(17-21-8-12-23(31-4)13-9-21)24(29)16-20-6-10-22(26)11-7-20/h6-13,18-19H,5,14-17H2,1-4H3,(H,27,30)/t19-/m1/s1. The maximum Gasteiger partial charge on any atom is 0.242 e. The van der Waals surface area contributed by atoms with Crippen LogP contribution in [0, 0.1) is 0 Å². The fourth-order valence-electron chi connectivity index (χ4n) is 3.14. The van der Waals surface area contributed by atoms with Gasteiger partial charge in [0.25, 0.3) is 0 Å². The number of nitrogens with zero attached hydrogens (tertiary/aromatic N) is 1. The molecule has 0 aliphatic carbocycles. The summed E-state index contributed by atoms with van der Waals surface area (Å²) in [4.78, 5) is 27.6. The molecule has 0 heterocycles. The molecule has 0 unspecified atom stereocenters. The van der Waals surface area contributed by atoms with Crippen LogP contribution in [0.25, 0.3) is 0 Å². The number of halogens is 1. The van der Waals surface area contributed by atoms with E-state index in [2.05, 4.69) is 5.32 Å². The zero-order valence-corrected chi connectivity index (χ0v) is 20.0. The topological polar surface area (TPSA) is 67.9 Å². The summed E-state index contributed by atoms with van der Waals surface area (Å²) in [6.07, 6.45) is 1.07. The summed E-state index contributed by atoms with van der Waals surface area (Å²) in [5, 5.41) is 3.53. The first-order valence-electron chi connectivity index (χ1n) is 10.9. The Labute approximate surface area is 195 Å². The zero-order chi connectivity index (χ0) is 23.5. The normalized spacial score (nSPS) is 11.8. The molecule has 2 aromatic rings. The van der Waals surface area contributed by atoms with E-state index >= 15 is 0 Å². The number of carbonyl (C=O) groups is 2. The van der Waals surface area contributed by atoms with Gasteiger partial charge >= 0.3 is 0 Å². The molecule has 0 aliphatic heterocycles. The lowest BCUT2D eigenvalue weighted by Crippen LogP contribution is -2.48. The minimum absolute atomic E-state index is 0.131. The van der Waals surface area contributed by atoms with Crippen LogP contribution in [0.3, 0.4) is 0 Å². The fourth-order valence-corrected chi connectivity index (χ4v) is 3.27. The molecule has 0 radical (unpaired) electrons. The van der Waals surface area contributed by atoms with E-state index in [-0.39, 0.29) is 24.3 Å². The monoisotopic (exact) mass is 460 g/mol. The molecule has 0 aromatic heterocycles. The van der Waals surface area contributed by atoms with Crippen LogP contribution >= 0.6 is 11.6 Å². The van der Waals surface area contributed by atoms with E-state index in [4.69, 9.17) is 21.1 Å². The van der Waals surface area contributed by atoms with Crippen LogP contribution < -0.4 is 10.1 Å². The average molecular weight is 461 g/mol. The Balaban J connectivity index is 2.07. The summed E-state index contributed by atoms with van der Waals surface area (Å²) in [7, 11) is 1.61. The number of ether oxygens (including phenoxy) is 2. The van der Waals surface area contributed by atoms with Gasteiger partial charge in [-0.1, -0.05) is 35.9 Å². The van der Waals surface area contributed by atoms with Crippen LogP contribution in [0.1, 0.15) is 38.3 Å². The molecule has 0 spiro atoms. The van der Waals surface area contributed by atoms with Crippen LogP contribution in [-0.4, -0.2) is 49.1 Å². The molecule has 0 bridgehead atoms. The highest BCUT2D eigenvalue weighted by atomic mass is 35.5. The zero-order valence-electron chi connectivity index (χ0n) is 19.3. The van der Waals surface area contributed by atoms with Crippen molar-refractivity contribution in [3.8, 4) is 5.75 Å². The number of rotatable bonds is 12. The lowest BCUT2D eigenvalue weighted by atomic mass is 10.1. The first-order valence-corrected chi connectivity index (χ1v) is 11.2. The molecule has 174 valence electrons. The third kappa shape index (κ3) is 8.52. The van der Waals surface area contributed by atoms with E-state index in [1.165, 1.54) is 0 Å². The van der Waals surface area contributed by atoms with Crippen molar-refractivity contribution in [1.82, 2.24) is 10.2 Å². The van der Waals surface area contributed by atoms with Crippen molar-refractivity contribution >= 4 is 23.4 Å². The quantitative estimate of drug-likeness (QED) is 0.481. The maximum absolute atomic E-state index is 13.2. The van der Waals surface area contributed by atoms with Crippen molar-refractivity contribution in [3.63, 3.8) is 0 Å². The average Bonchev–Trinajstić information content (AvgIpc) is 2.78. The molecule has 2 rings (SSSR count). The highest BCUT2D eigenvalue weighted by Crippen LogP contribution is 2.17. The minimum atomic E-state index is -0.622. The van der Waals surface area contributed by atoms with Gasteiger partial charge in [-0.2, -0.15) is 0 Å². The van der Waals surface area contributed by atoms with Crippen molar-refractivity contribution in [3.05, 3.63) is 64.7 Å². The molecule has 32 heavy (non-hydrogen) atoms. The van der Waals surface area contributed by atoms with E-state index in [1.54, 1.807) is 31.1 Å². The van der Waals surface area contributed by atoms with Gasteiger partial charge in [-0.15, -0.1) is 0 Å². The van der Waals surface area contributed by atoms with Gasteiger partial charge < -0.3 is 19.7 Å². The molecule has 7 heteroatoms. The van der Waals surface area contributed by atoms with Gasteiger partial charge in [0.2, 0.25) is 11.8 Å². The Morgan fingerprint density at radius 3 is 2.22 bits per heavy atom. The molecule has 0 saturated carbocycles. The largest absolute Gasteiger partial charge is 0.497 e. The Bertz CT molecular complexity index is 853. The van der Waals surface area contributed by atoms with Crippen molar-refractivity contribution in [2.45, 2.75) is 52.3 Å². The van der Waals surface area contributed by atoms with Crippen molar-refractivity contribution in [2.75, 3.05) is 20.3 Å². The number of amides is 2. The van der Waals surface area contributed by atoms with Gasteiger partial charge in [0, 0.05) is 24.7 Å². The smallest absolute Gasteiger partial charge is 0.242 e. The Hall–Kier alpha value is -2.57. The van der Waals surface area contributed by atoms with E-state index in [1.807, 2.05) is 50.2 Å². The SMILES string of the molecule is COc1ccc(CN(C(=O)Cc2ccc(Cl)cc2)[C@H](C)C(=O)NCCCOC(C)C)cc1. The Morgan fingerprint density at radius 2 is 1.62 bits per heavy atom. The van der Waals surface area contributed by atoms with Crippen LogP contribution in [0.4, 0.5) is 0 Å². The van der Waals surface area contributed by atoms with Crippen LogP contribution in [0.2, 0.25) is 5.02 Å². The molecule has 1 N–H and O–H groups in total. The molecule has 2 amide bonds. The number of hydrogen-bond donors (Lipinski definition) is 1. The van der Waals surface area contributed by atoms with Gasteiger partial charge in [0.15, 0.2) is 0 Å². The second-order valence-electron chi connectivity index (χ2n) is 7.91. The summed E-state index contributed by atoms with van der Waals surface area (Å²) in [6.45, 7) is 7.10. The van der Waals surface area contributed by atoms with Gasteiger partial charge in [-0.25, -0.2) is 0 Å². The summed E-state index contributed by atoms with van der Waals surface area (Å²) in [6, 6.07) is 14.0. The molecule has 1 atom stereocenters. The molecule has 2 aromatic carbocycles. The second kappa shape index (κ2) is 13.1. The maximum atomic E-state index is 13.2. The highest BCUT2D eigenvalue weighted by Gasteiger charge is 2.26. The first kappa shape index (κ1) is 25.7. The highest BCUT2D eigenvalue weighted by molar-refractivity contribution is 6.30. The predicted octanol–water partition coefficient (Wildman–Crippen LogP) is 4.24. The summed E-state index contributed by atoms with van der Waals surface area (Å²) in [5.41, 5.74) is 1.76. The molecule has 0 saturated heterocycles. The second-order valence-corrected chi connectivity index (χ2v) is 8.35. The number of benzene rings is 2. The fraction of sp³-hybridized carbons (Fsp3) is 0.440. The Kier molecular flexibility index (Phi) is 10.5. The minimum Gasteiger partial charge on any atom is -0.497 e. The lowest BCUT2D eigenvalue weighted by molar-refractivity contribution is -0.140. The third-order valence-electron chi connectivity index (χ3n) is 5.02. The number of hydrogen-bond acceptors (Lipinski definition) is 4. The van der Waals surface area contributed by atoms with Gasteiger partial charge in [-0.05, 0) is 62.6 Å². The van der Waals surface area contributed by atoms with E-state index in [0.717, 1.165) is 16.9 Å². The van der Waals surface area contributed by atoms with E-state index < -0.39 is 6.04 Å². The van der Waals surface area contributed by atoms with Crippen LogP contribution in [0.5, 0.6) is 5.75 Å². The summed E-state index contributed by atoms with van der Waals surface area (Å²) in [5.74, 6) is 0.420. The summed E-state index contributed by atoms with van der Waals surface area (Å²) < 4.78 is 10.7.